The van der Waals surface area contributed by atoms with E-state index in [9.17, 15) is 5.11 Å². The highest BCUT2D eigenvalue weighted by molar-refractivity contribution is 5.00. The molecule has 0 radical (unpaired) electrons. The molecule has 118 valence electrons. The van der Waals surface area contributed by atoms with Crippen molar-refractivity contribution in [2.45, 2.75) is 77.4 Å². The molecule has 20 heavy (non-hydrogen) atoms. The Bertz CT molecular complexity index is 307. The Hall–Kier alpha value is -0.120. The van der Waals surface area contributed by atoms with Crippen molar-refractivity contribution in [2.75, 3.05) is 19.7 Å². The molecule has 2 N–H and O–H groups in total. The second kappa shape index (κ2) is 6.76. The molecule has 3 heteroatoms. The van der Waals surface area contributed by atoms with E-state index >= 15 is 0 Å². The molecule has 1 saturated heterocycles. The maximum absolute atomic E-state index is 9.95. The van der Waals surface area contributed by atoms with Crippen molar-refractivity contribution in [1.82, 2.24) is 10.2 Å². The van der Waals surface area contributed by atoms with E-state index < -0.39 is 0 Å². The lowest BCUT2D eigenvalue weighted by Crippen LogP contribution is -2.54. The van der Waals surface area contributed by atoms with Crippen LogP contribution in [0.25, 0.3) is 0 Å². The maximum atomic E-state index is 9.95. The largest absolute Gasteiger partial charge is 0.394 e. The summed E-state index contributed by atoms with van der Waals surface area (Å²) in [5.41, 5.74) is -0.0112. The van der Waals surface area contributed by atoms with Crippen molar-refractivity contribution >= 4 is 0 Å². The first-order valence-electron chi connectivity index (χ1n) is 8.59. The van der Waals surface area contributed by atoms with E-state index in [1.54, 1.807) is 0 Å². The molecule has 1 aliphatic carbocycles. The normalized spacial score (nSPS) is 39.0. The zero-order valence-electron chi connectivity index (χ0n) is 13.9. The van der Waals surface area contributed by atoms with Gasteiger partial charge in [-0.2, -0.15) is 0 Å². The highest BCUT2D eigenvalue weighted by Gasteiger charge is 2.42. The van der Waals surface area contributed by atoms with Gasteiger partial charge >= 0.3 is 0 Å². The van der Waals surface area contributed by atoms with Crippen molar-refractivity contribution in [3.05, 3.63) is 0 Å². The summed E-state index contributed by atoms with van der Waals surface area (Å²) in [4.78, 5) is 2.65. The Balaban J connectivity index is 1.90. The summed E-state index contributed by atoms with van der Waals surface area (Å²) in [5.74, 6) is 1.49. The third-order valence-corrected chi connectivity index (χ3v) is 5.49. The molecular weight excluding hydrogens is 248 g/mol. The first-order chi connectivity index (χ1) is 9.47. The molecule has 1 heterocycles. The van der Waals surface area contributed by atoms with Crippen molar-refractivity contribution in [3.8, 4) is 0 Å². The number of nitrogens with zero attached hydrogens (tertiary/aromatic N) is 1. The summed E-state index contributed by atoms with van der Waals surface area (Å²) in [6, 6.07) is 1.20. The number of aliphatic hydroxyl groups excluding tert-OH is 1. The first-order valence-corrected chi connectivity index (χ1v) is 8.59. The van der Waals surface area contributed by atoms with E-state index in [4.69, 9.17) is 0 Å². The van der Waals surface area contributed by atoms with Crippen LogP contribution in [0.2, 0.25) is 0 Å². The maximum Gasteiger partial charge on any atom is 0.0616 e. The quantitative estimate of drug-likeness (QED) is 0.786. The third-order valence-electron chi connectivity index (χ3n) is 5.49. The Morgan fingerprint density at radius 1 is 1.35 bits per heavy atom. The average molecular weight is 282 g/mol. The minimum Gasteiger partial charge on any atom is -0.394 e. The van der Waals surface area contributed by atoms with Gasteiger partial charge in [-0.25, -0.2) is 0 Å². The van der Waals surface area contributed by atoms with Gasteiger partial charge in [0.25, 0.3) is 0 Å². The van der Waals surface area contributed by atoms with Gasteiger partial charge < -0.3 is 15.3 Å². The van der Waals surface area contributed by atoms with Gasteiger partial charge in [0.15, 0.2) is 0 Å². The monoisotopic (exact) mass is 282 g/mol. The fourth-order valence-electron chi connectivity index (χ4n) is 4.60. The lowest BCUT2D eigenvalue weighted by atomic mass is 9.84. The second-order valence-electron chi connectivity index (χ2n) is 7.68. The van der Waals surface area contributed by atoms with Crippen LogP contribution in [0.4, 0.5) is 0 Å². The molecule has 0 aromatic heterocycles. The number of aliphatic hydroxyl groups is 1. The molecule has 1 aliphatic heterocycles. The Morgan fingerprint density at radius 2 is 2.10 bits per heavy atom. The Kier molecular flexibility index (Phi) is 5.49. The van der Waals surface area contributed by atoms with Gasteiger partial charge in [0.2, 0.25) is 0 Å². The fourth-order valence-corrected chi connectivity index (χ4v) is 4.60. The van der Waals surface area contributed by atoms with Gasteiger partial charge in [-0.05, 0) is 51.0 Å². The molecule has 0 aromatic carbocycles. The van der Waals surface area contributed by atoms with Gasteiger partial charge in [-0.1, -0.05) is 27.2 Å². The highest BCUT2D eigenvalue weighted by atomic mass is 16.3. The number of rotatable bonds is 6. The SMILES string of the molecule is CC1CC(C)N(CCC2CCCC2(CO)NC(C)C)C1. The number of hydrogen-bond acceptors (Lipinski definition) is 3. The lowest BCUT2D eigenvalue weighted by molar-refractivity contribution is 0.102. The van der Waals surface area contributed by atoms with Crippen molar-refractivity contribution in [1.29, 1.82) is 0 Å². The van der Waals surface area contributed by atoms with Crippen LogP contribution in [0.15, 0.2) is 0 Å². The van der Waals surface area contributed by atoms with Crippen LogP contribution >= 0.6 is 0 Å². The fraction of sp³-hybridized carbons (Fsp3) is 1.00. The zero-order chi connectivity index (χ0) is 14.8. The summed E-state index contributed by atoms with van der Waals surface area (Å²) < 4.78 is 0. The molecule has 4 unspecified atom stereocenters. The van der Waals surface area contributed by atoms with E-state index in [0.717, 1.165) is 18.4 Å². The number of likely N-dealkylation sites (tertiary alicyclic amines) is 1. The topological polar surface area (TPSA) is 35.5 Å². The van der Waals surface area contributed by atoms with Crippen molar-refractivity contribution < 1.29 is 5.11 Å². The molecule has 0 bridgehead atoms. The van der Waals surface area contributed by atoms with E-state index in [2.05, 4.69) is 37.9 Å². The Labute approximate surface area is 125 Å². The van der Waals surface area contributed by atoms with Crippen LogP contribution in [-0.2, 0) is 0 Å². The van der Waals surface area contributed by atoms with Gasteiger partial charge in [-0.3, -0.25) is 0 Å². The minimum atomic E-state index is -0.0112. The molecule has 2 fully saturated rings. The second-order valence-corrected chi connectivity index (χ2v) is 7.68. The molecule has 2 rings (SSSR count). The predicted molar refractivity (Wildman–Crippen MR) is 84.9 cm³/mol. The van der Waals surface area contributed by atoms with Crippen LogP contribution in [-0.4, -0.2) is 47.3 Å². The molecule has 1 saturated carbocycles. The van der Waals surface area contributed by atoms with Crippen LogP contribution < -0.4 is 5.32 Å². The minimum absolute atomic E-state index is 0.0112. The van der Waals surface area contributed by atoms with Gasteiger partial charge in [0.05, 0.1) is 6.61 Å². The summed E-state index contributed by atoms with van der Waals surface area (Å²) >= 11 is 0. The van der Waals surface area contributed by atoms with Crippen LogP contribution in [0.3, 0.4) is 0 Å². The summed E-state index contributed by atoms with van der Waals surface area (Å²) in [5, 5.41) is 13.6. The Morgan fingerprint density at radius 3 is 2.65 bits per heavy atom. The van der Waals surface area contributed by atoms with Crippen molar-refractivity contribution in [3.63, 3.8) is 0 Å². The van der Waals surface area contributed by atoms with Crippen LogP contribution in [0.1, 0.15) is 59.8 Å². The molecule has 3 nitrogen and oxygen atoms in total. The van der Waals surface area contributed by atoms with Gasteiger partial charge in [0, 0.05) is 24.2 Å². The number of hydrogen-bond donors (Lipinski definition) is 2. The first kappa shape index (κ1) is 16.3. The van der Waals surface area contributed by atoms with E-state index in [0.29, 0.717) is 18.6 Å². The van der Waals surface area contributed by atoms with Crippen LogP contribution in [0, 0.1) is 11.8 Å². The molecule has 2 aliphatic rings. The molecule has 4 atom stereocenters. The summed E-state index contributed by atoms with van der Waals surface area (Å²) in [6.07, 6.45) is 6.25. The summed E-state index contributed by atoms with van der Waals surface area (Å²) in [6.45, 7) is 11.9. The number of nitrogens with one attached hydrogen (secondary N) is 1. The van der Waals surface area contributed by atoms with E-state index in [1.807, 2.05) is 0 Å². The van der Waals surface area contributed by atoms with Gasteiger partial charge in [-0.15, -0.1) is 0 Å². The molecule has 0 aromatic rings. The van der Waals surface area contributed by atoms with E-state index in [1.165, 1.54) is 38.8 Å². The van der Waals surface area contributed by atoms with Crippen LogP contribution in [0.5, 0.6) is 0 Å². The van der Waals surface area contributed by atoms with Crippen molar-refractivity contribution in [2.24, 2.45) is 11.8 Å². The molecule has 0 spiro atoms. The standard InChI is InChI=1S/C17H34N2O/c1-13(2)18-17(12-20)8-5-6-16(17)7-9-19-11-14(3)10-15(19)4/h13-16,18,20H,5-12H2,1-4H3. The summed E-state index contributed by atoms with van der Waals surface area (Å²) in [7, 11) is 0. The van der Waals surface area contributed by atoms with Gasteiger partial charge in [0.1, 0.15) is 0 Å². The predicted octanol–water partition coefficient (Wildman–Crippen LogP) is 2.64. The lowest BCUT2D eigenvalue weighted by Gasteiger charge is -2.38. The third kappa shape index (κ3) is 3.55. The average Bonchev–Trinajstić information content (AvgIpc) is 2.90. The zero-order valence-corrected chi connectivity index (χ0v) is 13.9. The highest BCUT2D eigenvalue weighted by Crippen LogP contribution is 2.38. The molecular formula is C17H34N2O. The smallest absolute Gasteiger partial charge is 0.0616 e. The van der Waals surface area contributed by atoms with E-state index in [-0.39, 0.29) is 5.54 Å². The molecule has 0 amide bonds.